The largest absolute Gasteiger partial charge is 0.399 e. The highest BCUT2D eigenvalue weighted by Gasteiger charge is 1.99. The van der Waals surface area contributed by atoms with Crippen LogP contribution in [0.5, 0.6) is 0 Å². The summed E-state index contributed by atoms with van der Waals surface area (Å²) in [5, 5.41) is 0.354. The monoisotopic (exact) mass is 177 g/mol. The highest BCUT2D eigenvalue weighted by atomic mass is 35.5. The zero-order valence-corrected chi connectivity index (χ0v) is 6.55. The van der Waals surface area contributed by atoms with E-state index in [1.807, 2.05) is 0 Å². The molecule has 4 heteroatoms. The minimum absolute atomic E-state index is 0.117. The second kappa shape index (κ2) is 3.12. The van der Waals surface area contributed by atoms with Crippen LogP contribution in [0.3, 0.4) is 0 Å². The number of hydrogen-bond donors (Lipinski definition) is 1. The van der Waals surface area contributed by atoms with Crippen molar-refractivity contribution in [1.82, 2.24) is 0 Å². The maximum absolute atomic E-state index is 11.9. The van der Waals surface area contributed by atoms with Crippen molar-refractivity contribution in [2.75, 3.05) is 5.73 Å². The molecule has 0 aliphatic carbocycles. The van der Waals surface area contributed by atoms with E-state index in [0.29, 0.717) is 15.6 Å². The quantitative estimate of drug-likeness (QED) is 0.668. The summed E-state index contributed by atoms with van der Waals surface area (Å²) in [6.45, 7) is 0. The number of nitrogens with two attached hydrogens (primary N) is 1. The average molecular weight is 178 g/mol. The van der Waals surface area contributed by atoms with E-state index in [9.17, 15) is 3.89 Å². The summed E-state index contributed by atoms with van der Waals surface area (Å²) in [6.07, 6.45) is 0. The third-order valence-electron chi connectivity index (χ3n) is 1.04. The smallest absolute Gasteiger partial charge is 0.0827 e. The van der Waals surface area contributed by atoms with Gasteiger partial charge in [-0.1, -0.05) is 11.6 Å². The molecule has 0 aromatic heterocycles. The molecule has 1 rings (SSSR count). The van der Waals surface area contributed by atoms with E-state index in [4.69, 9.17) is 17.3 Å². The summed E-state index contributed by atoms with van der Waals surface area (Å²) < 4.78 is 11.9. The lowest BCUT2D eigenvalue weighted by Gasteiger charge is -1.97. The summed E-state index contributed by atoms with van der Waals surface area (Å²) in [5.41, 5.74) is 5.91. The van der Waals surface area contributed by atoms with Gasteiger partial charge in [0.05, 0.1) is 22.1 Å². The van der Waals surface area contributed by atoms with Crippen LogP contribution in [0, 0.1) is 0 Å². The van der Waals surface area contributed by atoms with Crippen molar-refractivity contribution in [1.29, 1.82) is 0 Å². The lowest BCUT2D eigenvalue weighted by Crippen LogP contribution is -1.83. The number of anilines is 1. The highest BCUT2D eigenvalue weighted by molar-refractivity contribution is 7.94. The molecule has 0 fully saturated rings. The second-order valence-corrected chi connectivity index (χ2v) is 2.77. The summed E-state index contributed by atoms with van der Waals surface area (Å²) in [7, 11) is 0. The van der Waals surface area contributed by atoms with Crippen LogP contribution in [0.15, 0.2) is 23.1 Å². The Hall–Kier alpha value is -0.410. The standard InChI is InChI=1S/C6H5ClFNS/c7-5-3-4(9)1-2-6(5)10-8/h1-3H,9H2. The molecule has 0 atom stereocenters. The Balaban J connectivity index is 3.07. The fourth-order valence-electron chi connectivity index (χ4n) is 0.580. The Morgan fingerprint density at radius 1 is 1.50 bits per heavy atom. The van der Waals surface area contributed by atoms with Crippen molar-refractivity contribution in [3.8, 4) is 0 Å². The Labute approximate surface area is 67.7 Å². The first-order valence-corrected chi connectivity index (χ1v) is 3.67. The third kappa shape index (κ3) is 1.55. The van der Waals surface area contributed by atoms with Gasteiger partial charge in [0.15, 0.2) is 0 Å². The molecule has 1 nitrogen and oxygen atoms in total. The molecule has 0 heterocycles. The first-order valence-electron chi connectivity index (χ1n) is 2.57. The van der Waals surface area contributed by atoms with Gasteiger partial charge in [-0.3, -0.25) is 0 Å². The topological polar surface area (TPSA) is 26.0 Å². The molecule has 0 unspecified atom stereocenters. The number of hydrogen-bond acceptors (Lipinski definition) is 2. The Morgan fingerprint density at radius 3 is 2.70 bits per heavy atom. The molecule has 0 amide bonds. The van der Waals surface area contributed by atoms with Gasteiger partial charge in [-0.25, -0.2) is 0 Å². The summed E-state index contributed by atoms with van der Waals surface area (Å²) >= 11 is 5.71. The van der Waals surface area contributed by atoms with E-state index in [1.54, 1.807) is 12.1 Å². The zero-order chi connectivity index (χ0) is 7.56. The van der Waals surface area contributed by atoms with Crippen LogP contribution in [-0.2, 0) is 0 Å². The summed E-state index contributed by atoms with van der Waals surface area (Å²) in [6, 6.07) is 4.67. The van der Waals surface area contributed by atoms with E-state index >= 15 is 0 Å². The highest BCUT2D eigenvalue weighted by Crippen LogP contribution is 2.28. The molecular formula is C6H5ClFNS. The molecule has 0 aliphatic heterocycles. The number of rotatable bonds is 1. The van der Waals surface area contributed by atoms with Gasteiger partial charge in [0.1, 0.15) is 0 Å². The van der Waals surface area contributed by atoms with Crippen LogP contribution in [0.25, 0.3) is 0 Å². The van der Waals surface area contributed by atoms with Gasteiger partial charge in [-0.15, -0.1) is 0 Å². The first kappa shape index (κ1) is 7.69. The van der Waals surface area contributed by atoms with Crippen molar-refractivity contribution in [3.05, 3.63) is 23.2 Å². The number of nitrogen functional groups attached to an aromatic ring is 1. The van der Waals surface area contributed by atoms with Crippen LogP contribution in [-0.4, -0.2) is 0 Å². The van der Waals surface area contributed by atoms with Gasteiger partial charge < -0.3 is 5.73 Å². The molecule has 54 valence electrons. The van der Waals surface area contributed by atoms with Crippen molar-refractivity contribution in [2.45, 2.75) is 4.90 Å². The molecule has 0 spiro atoms. The van der Waals surface area contributed by atoms with E-state index in [2.05, 4.69) is 0 Å². The van der Waals surface area contributed by atoms with Crippen molar-refractivity contribution in [3.63, 3.8) is 0 Å². The Kier molecular flexibility index (Phi) is 2.40. The molecular weight excluding hydrogens is 173 g/mol. The number of benzene rings is 1. The maximum Gasteiger partial charge on any atom is 0.0827 e. The van der Waals surface area contributed by atoms with E-state index in [1.165, 1.54) is 6.07 Å². The van der Waals surface area contributed by atoms with Crippen LogP contribution < -0.4 is 5.73 Å². The molecule has 0 radical (unpaired) electrons. The summed E-state index contributed by atoms with van der Waals surface area (Å²) in [4.78, 5) is 0.399. The van der Waals surface area contributed by atoms with Crippen LogP contribution in [0.2, 0.25) is 5.02 Å². The Morgan fingerprint density at radius 2 is 2.20 bits per heavy atom. The molecule has 0 aliphatic rings. The predicted octanol–water partition coefficient (Wildman–Crippen LogP) is 2.90. The summed E-state index contributed by atoms with van der Waals surface area (Å²) in [5.74, 6) is 0. The van der Waals surface area contributed by atoms with Crippen LogP contribution in [0.1, 0.15) is 0 Å². The van der Waals surface area contributed by atoms with Crippen molar-refractivity contribution < 1.29 is 3.89 Å². The van der Waals surface area contributed by atoms with Crippen molar-refractivity contribution in [2.24, 2.45) is 0 Å². The Bertz CT molecular complexity index is 241. The van der Waals surface area contributed by atoms with Gasteiger partial charge in [0.2, 0.25) is 0 Å². The van der Waals surface area contributed by atoms with Gasteiger partial charge >= 0.3 is 0 Å². The van der Waals surface area contributed by atoms with Crippen LogP contribution >= 0.6 is 23.7 Å². The fraction of sp³-hybridized carbons (Fsp3) is 0. The first-order chi connectivity index (χ1) is 4.74. The SMILES string of the molecule is Nc1ccc(SF)c(Cl)c1. The van der Waals surface area contributed by atoms with E-state index in [-0.39, 0.29) is 12.1 Å². The van der Waals surface area contributed by atoms with E-state index in [0.717, 1.165) is 0 Å². The van der Waals surface area contributed by atoms with Crippen LogP contribution in [0.4, 0.5) is 9.57 Å². The lowest BCUT2D eigenvalue weighted by atomic mass is 10.3. The molecule has 1 aromatic carbocycles. The lowest BCUT2D eigenvalue weighted by molar-refractivity contribution is 0.934. The molecule has 10 heavy (non-hydrogen) atoms. The fourth-order valence-corrected chi connectivity index (χ4v) is 1.11. The minimum Gasteiger partial charge on any atom is -0.399 e. The molecule has 2 N–H and O–H groups in total. The van der Waals surface area contributed by atoms with Gasteiger partial charge in [-0.05, 0) is 18.2 Å². The van der Waals surface area contributed by atoms with Crippen molar-refractivity contribution >= 4 is 29.4 Å². The van der Waals surface area contributed by atoms with Gasteiger partial charge in [0.25, 0.3) is 0 Å². The normalized spacial score (nSPS) is 9.80. The minimum atomic E-state index is 0.117. The molecule has 0 saturated carbocycles. The van der Waals surface area contributed by atoms with Gasteiger partial charge in [0, 0.05) is 5.69 Å². The third-order valence-corrected chi connectivity index (χ3v) is 1.99. The average Bonchev–Trinajstić information content (AvgIpc) is 1.88. The molecule has 1 aromatic rings. The molecule has 0 bridgehead atoms. The maximum atomic E-state index is 11.9. The zero-order valence-electron chi connectivity index (χ0n) is 4.97. The second-order valence-electron chi connectivity index (χ2n) is 1.77. The molecule has 0 saturated heterocycles. The van der Waals surface area contributed by atoms with E-state index < -0.39 is 0 Å². The predicted molar refractivity (Wildman–Crippen MR) is 42.8 cm³/mol. The number of halogens is 2. The van der Waals surface area contributed by atoms with Gasteiger partial charge in [-0.2, -0.15) is 3.89 Å².